The molecule has 0 unspecified atom stereocenters. The molecule has 8 heteroatoms. The summed E-state index contributed by atoms with van der Waals surface area (Å²) in [7, 11) is 0. The van der Waals surface area contributed by atoms with Crippen molar-refractivity contribution in [1.29, 1.82) is 0 Å². The summed E-state index contributed by atoms with van der Waals surface area (Å²) < 4.78 is 5.50. The van der Waals surface area contributed by atoms with Gasteiger partial charge in [-0.1, -0.05) is 6.07 Å². The molecule has 4 rings (SSSR count). The van der Waals surface area contributed by atoms with Crippen LogP contribution in [0.1, 0.15) is 26.9 Å². The van der Waals surface area contributed by atoms with Gasteiger partial charge >= 0.3 is 0 Å². The fourth-order valence-corrected chi connectivity index (χ4v) is 4.95. The van der Waals surface area contributed by atoms with E-state index < -0.39 is 0 Å². The standard InChI is InChI=1S/C20H23N3O2S2.ClH/c1-14-12-16(15(2)25-14)20(24)23-9-7-22(8-10-23)6-5-19-21-17(13-27-19)18-4-3-11-26-18;/h3-4,11-13H,5-10H2,1-2H3;1H. The van der Waals surface area contributed by atoms with Crippen molar-refractivity contribution in [1.82, 2.24) is 14.8 Å². The monoisotopic (exact) mass is 437 g/mol. The molecule has 0 radical (unpaired) electrons. The third kappa shape index (κ3) is 4.66. The Bertz CT molecular complexity index is 912. The second-order valence-corrected chi connectivity index (χ2v) is 8.70. The van der Waals surface area contributed by atoms with Gasteiger partial charge in [0.25, 0.3) is 5.91 Å². The lowest BCUT2D eigenvalue weighted by Gasteiger charge is -2.34. The van der Waals surface area contributed by atoms with E-state index in [1.54, 1.807) is 22.7 Å². The maximum absolute atomic E-state index is 12.7. The molecular formula is C20H24ClN3O2S2. The summed E-state index contributed by atoms with van der Waals surface area (Å²) in [6.45, 7) is 8.07. The van der Waals surface area contributed by atoms with Crippen LogP contribution in [0.25, 0.3) is 10.6 Å². The number of rotatable bonds is 5. The molecule has 3 aromatic rings. The Hall–Kier alpha value is -1.67. The molecule has 1 fully saturated rings. The van der Waals surface area contributed by atoms with Crippen molar-refractivity contribution < 1.29 is 9.21 Å². The van der Waals surface area contributed by atoms with E-state index in [2.05, 4.69) is 27.8 Å². The Morgan fingerprint density at radius 3 is 2.64 bits per heavy atom. The van der Waals surface area contributed by atoms with Crippen LogP contribution in [0.15, 0.2) is 33.4 Å². The predicted molar refractivity (Wildman–Crippen MR) is 117 cm³/mol. The lowest BCUT2D eigenvalue weighted by Crippen LogP contribution is -2.49. The summed E-state index contributed by atoms with van der Waals surface area (Å²) in [6, 6.07) is 6.02. The molecule has 4 heterocycles. The lowest BCUT2D eigenvalue weighted by molar-refractivity contribution is 0.0637. The smallest absolute Gasteiger partial charge is 0.257 e. The molecule has 0 spiro atoms. The second kappa shape index (κ2) is 9.22. The Morgan fingerprint density at radius 1 is 1.21 bits per heavy atom. The van der Waals surface area contributed by atoms with Crippen LogP contribution >= 0.6 is 35.1 Å². The number of hydrogen-bond acceptors (Lipinski definition) is 6. The predicted octanol–water partition coefficient (Wildman–Crippen LogP) is 4.50. The summed E-state index contributed by atoms with van der Waals surface area (Å²) in [5, 5.41) is 5.41. The Balaban J connectivity index is 0.00000225. The van der Waals surface area contributed by atoms with E-state index in [1.807, 2.05) is 24.8 Å². The zero-order valence-corrected chi connectivity index (χ0v) is 18.5. The number of piperazine rings is 1. The first-order valence-corrected chi connectivity index (χ1v) is 10.9. The number of aromatic nitrogens is 1. The molecule has 0 aliphatic carbocycles. The topological polar surface area (TPSA) is 49.6 Å². The number of halogens is 1. The van der Waals surface area contributed by atoms with Crippen LogP contribution in [0.2, 0.25) is 0 Å². The highest BCUT2D eigenvalue weighted by molar-refractivity contribution is 7.14. The number of aryl methyl sites for hydroxylation is 2. The summed E-state index contributed by atoms with van der Waals surface area (Å²) in [6.07, 6.45) is 0.962. The number of amides is 1. The third-order valence-electron chi connectivity index (χ3n) is 4.90. The highest BCUT2D eigenvalue weighted by Gasteiger charge is 2.24. The highest BCUT2D eigenvalue weighted by Crippen LogP contribution is 2.26. The van der Waals surface area contributed by atoms with Crippen LogP contribution < -0.4 is 0 Å². The first kappa shape index (κ1) is 21.0. The zero-order chi connectivity index (χ0) is 18.8. The zero-order valence-electron chi connectivity index (χ0n) is 16.0. The van der Waals surface area contributed by atoms with Gasteiger partial charge in [-0.3, -0.25) is 9.69 Å². The van der Waals surface area contributed by atoms with E-state index in [0.717, 1.165) is 50.6 Å². The Kier molecular flexibility index (Phi) is 6.93. The van der Waals surface area contributed by atoms with Crippen LogP contribution in [0, 0.1) is 13.8 Å². The average Bonchev–Trinajstić information content (AvgIpc) is 3.40. The fraction of sp³-hybridized carbons (Fsp3) is 0.400. The van der Waals surface area contributed by atoms with E-state index in [1.165, 1.54) is 9.88 Å². The number of furan rings is 1. The molecule has 1 aliphatic rings. The van der Waals surface area contributed by atoms with Gasteiger partial charge in [-0.2, -0.15) is 0 Å². The number of carbonyl (C=O) groups excluding carboxylic acids is 1. The maximum atomic E-state index is 12.7. The van der Waals surface area contributed by atoms with Crippen molar-refractivity contribution >= 4 is 41.0 Å². The molecule has 150 valence electrons. The molecule has 28 heavy (non-hydrogen) atoms. The summed E-state index contributed by atoms with van der Waals surface area (Å²) >= 11 is 3.47. The normalized spacial score (nSPS) is 14.9. The van der Waals surface area contributed by atoms with Gasteiger partial charge in [-0.15, -0.1) is 35.1 Å². The molecule has 0 atom stereocenters. The first-order chi connectivity index (χ1) is 13.1. The number of nitrogens with zero attached hydrogens (tertiary/aromatic N) is 3. The minimum atomic E-state index is 0. The minimum absolute atomic E-state index is 0. The molecular weight excluding hydrogens is 414 g/mol. The van der Waals surface area contributed by atoms with Gasteiger partial charge in [-0.25, -0.2) is 4.98 Å². The number of thiophene rings is 1. The molecule has 0 bridgehead atoms. The van der Waals surface area contributed by atoms with Gasteiger partial charge in [0.15, 0.2) is 0 Å². The van der Waals surface area contributed by atoms with Crippen molar-refractivity contribution in [2.75, 3.05) is 32.7 Å². The van der Waals surface area contributed by atoms with Crippen LogP contribution in [0.5, 0.6) is 0 Å². The van der Waals surface area contributed by atoms with Gasteiger partial charge < -0.3 is 9.32 Å². The molecule has 1 saturated heterocycles. The minimum Gasteiger partial charge on any atom is -0.466 e. The molecule has 5 nitrogen and oxygen atoms in total. The second-order valence-electron chi connectivity index (χ2n) is 6.81. The fourth-order valence-electron chi connectivity index (χ4n) is 3.41. The molecule has 3 aromatic heterocycles. The number of carbonyl (C=O) groups is 1. The summed E-state index contributed by atoms with van der Waals surface area (Å²) in [5.41, 5.74) is 1.79. The number of thiazole rings is 1. The Morgan fingerprint density at radius 2 is 2.00 bits per heavy atom. The first-order valence-electron chi connectivity index (χ1n) is 9.17. The van der Waals surface area contributed by atoms with E-state index >= 15 is 0 Å². The van der Waals surface area contributed by atoms with Crippen molar-refractivity contribution in [2.24, 2.45) is 0 Å². The van der Waals surface area contributed by atoms with Crippen molar-refractivity contribution in [3.05, 3.63) is 51.1 Å². The SMILES string of the molecule is Cc1cc(C(=O)N2CCN(CCc3nc(-c4cccs4)cs3)CC2)c(C)o1.Cl. The Labute approximate surface area is 179 Å². The summed E-state index contributed by atoms with van der Waals surface area (Å²) in [4.78, 5) is 23.0. The quantitative estimate of drug-likeness (QED) is 0.589. The molecule has 0 saturated carbocycles. The van der Waals surface area contributed by atoms with E-state index in [4.69, 9.17) is 9.40 Å². The van der Waals surface area contributed by atoms with Gasteiger partial charge in [0, 0.05) is 44.5 Å². The van der Waals surface area contributed by atoms with E-state index in [-0.39, 0.29) is 18.3 Å². The molecule has 0 N–H and O–H groups in total. The third-order valence-corrected chi connectivity index (χ3v) is 6.70. The number of hydrogen-bond donors (Lipinski definition) is 0. The van der Waals surface area contributed by atoms with Crippen LogP contribution in [0.4, 0.5) is 0 Å². The highest BCUT2D eigenvalue weighted by atomic mass is 35.5. The molecule has 1 aliphatic heterocycles. The van der Waals surface area contributed by atoms with Gasteiger partial charge in [0.05, 0.1) is 21.1 Å². The van der Waals surface area contributed by atoms with Crippen molar-refractivity contribution in [3.63, 3.8) is 0 Å². The molecule has 1 amide bonds. The van der Waals surface area contributed by atoms with Gasteiger partial charge in [0.2, 0.25) is 0 Å². The van der Waals surface area contributed by atoms with Crippen LogP contribution in [0.3, 0.4) is 0 Å². The van der Waals surface area contributed by atoms with E-state index in [0.29, 0.717) is 11.3 Å². The van der Waals surface area contributed by atoms with Crippen molar-refractivity contribution in [3.8, 4) is 10.6 Å². The van der Waals surface area contributed by atoms with Gasteiger partial charge in [-0.05, 0) is 31.4 Å². The van der Waals surface area contributed by atoms with Crippen molar-refractivity contribution in [2.45, 2.75) is 20.3 Å². The largest absolute Gasteiger partial charge is 0.466 e. The maximum Gasteiger partial charge on any atom is 0.257 e. The molecule has 0 aromatic carbocycles. The van der Waals surface area contributed by atoms with E-state index in [9.17, 15) is 4.79 Å². The average molecular weight is 438 g/mol. The van der Waals surface area contributed by atoms with Crippen LogP contribution in [-0.2, 0) is 6.42 Å². The van der Waals surface area contributed by atoms with Gasteiger partial charge in [0.1, 0.15) is 11.5 Å². The van der Waals surface area contributed by atoms with Crippen LogP contribution in [-0.4, -0.2) is 53.4 Å². The lowest BCUT2D eigenvalue weighted by atomic mass is 10.2. The summed E-state index contributed by atoms with van der Waals surface area (Å²) in [5.74, 6) is 1.59.